The molecule has 0 spiro atoms. The van der Waals surface area contributed by atoms with Crippen molar-refractivity contribution in [2.45, 2.75) is 18.4 Å². The molecular weight excluding hydrogens is 499 g/mol. The lowest BCUT2D eigenvalue weighted by Gasteiger charge is -2.13. The SMILES string of the molecule is CN=C(NCCNS(=O)(=O)c1cccc(Cl)c1)NCc1ccc(C)cc1.I. The molecule has 0 atom stereocenters. The van der Waals surface area contributed by atoms with Crippen molar-refractivity contribution in [1.29, 1.82) is 0 Å². The van der Waals surface area contributed by atoms with Crippen LogP contribution in [0.2, 0.25) is 5.02 Å². The second-order valence-corrected chi connectivity index (χ2v) is 7.90. The first-order valence-electron chi connectivity index (χ1n) is 8.16. The van der Waals surface area contributed by atoms with Crippen LogP contribution in [0.3, 0.4) is 0 Å². The molecule has 3 N–H and O–H groups in total. The molecule has 6 nitrogen and oxygen atoms in total. The highest BCUT2D eigenvalue weighted by Gasteiger charge is 2.13. The lowest BCUT2D eigenvalue weighted by atomic mass is 10.1. The normalized spacial score (nSPS) is 11.6. The van der Waals surface area contributed by atoms with Gasteiger partial charge < -0.3 is 10.6 Å². The minimum Gasteiger partial charge on any atom is -0.355 e. The lowest BCUT2D eigenvalue weighted by molar-refractivity contribution is 0.580. The summed E-state index contributed by atoms with van der Waals surface area (Å²) in [7, 11) is -1.91. The molecule has 148 valence electrons. The predicted octanol–water partition coefficient (Wildman–Crippen LogP) is 2.91. The number of sulfonamides is 1. The van der Waals surface area contributed by atoms with E-state index in [9.17, 15) is 8.42 Å². The third-order valence-electron chi connectivity index (χ3n) is 3.62. The van der Waals surface area contributed by atoms with Gasteiger partial charge in [-0.05, 0) is 30.7 Å². The van der Waals surface area contributed by atoms with E-state index in [4.69, 9.17) is 11.6 Å². The standard InChI is InChI=1S/C18H23ClN4O2S.HI/c1-14-6-8-15(9-7-14)13-22-18(20-2)21-10-11-23-26(24,25)17-5-3-4-16(19)12-17;/h3-9,12,23H,10-11,13H2,1-2H3,(H2,20,21,22);1H. The summed E-state index contributed by atoms with van der Waals surface area (Å²) in [4.78, 5) is 4.27. The van der Waals surface area contributed by atoms with E-state index in [1.165, 1.54) is 17.7 Å². The van der Waals surface area contributed by atoms with E-state index in [1.807, 2.05) is 6.92 Å². The molecule has 0 radical (unpaired) electrons. The van der Waals surface area contributed by atoms with Crippen molar-refractivity contribution in [1.82, 2.24) is 15.4 Å². The van der Waals surface area contributed by atoms with E-state index < -0.39 is 10.0 Å². The Bertz CT molecular complexity index is 858. The first kappa shape index (κ1) is 23.7. The van der Waals surface area contributed by atoms with Crippen molar-refractivity contribution in [3.8, 4) is 0 Å². The molecule has 0 aliphatic carbocycles. The van der Waals surface area contributed by atoms with Gasteiger partial charge in [-0.2, -0.15) is 0 Å². The van der Waals surface area contributed by atoms with Crippen LogP contribution in [0.15, 0.2) is 58.4 Å². The van der Waals surface area contributed by atoms with Crippen LogP contribution >= 0.6 is 35.6 Å². The molecule has 0 bridgehead atoms. The summed E-state index contributed by atoms with van der Waals surface area (Å²) in [6, 6.07) is 14.4. The highest BCUT2D eigenvalue weighted by Crippen LogP contribution is 2.14. The van der Waals surface area contributed by atoms with Crippen LogP contribution in [0.5, 0.6) is 0 Å². The van der Waals surface area contributed by atoms with E-state index in [0.29, 0.717) is 24.1 Å². The van der Waals surface area contributed by atoms with Gasteiger partial charge in [-0.25, -0.2) is 13.1 Å². The van der Waals surface area contributed by atoms with Gasteiger partial charge in [-0.15, -0.1) is 24.0 Å². The average molecular weight is 523 g/mol. The first-order chi connectivity index (χ1) is 12.4. The number of benzene rings is 2. The molecule has 0 amide bonds. The van der Waals surface area contributed by atoms with Crippen LogP contribution < -0.4 is 15.4 Å². The molecule has 0 saturated carbocycles. The second-order valence-electron chi connectivity index (χ2n) is 5.69. The summed E-state index contributed by atoms with van der Waals surface area (Å²) in [6.07, 6.45) is 0. The van der Waals surface area contributed by atoms with Gasteiger partial charge in [0, 0.05) is 31.7 Å². The number of aryl methyl sites for hydroxylation is 1. The molecule has 2 aromatic rings. The fraction of sp³-hybridized carbons (Fsp3) is 0.278. The van der Waals surface area contributed by atoms with E-state index in [1.54, 1.807) is 19.2 Å². The number of guanidine groups is 1. The molecule has 9 heteroatoms. The summed E-state index contributed by atoms with van der Waals surface area (Å²) in [5.41, 5.74) is 2.35. The van der Waals surface area contributed by atoms with E-state index in [-0.39, 0.29) is 35.4 Å². The van der Waals surface area contributed by atoms with Crippen molar-refractivity contribution in [2.75, 3.05) is 20.1 Å². The zero-order valence-corrected chi connectivity index (χ0v) is 19.1. The Labute approximate surface area is 182 Å². The zero-order valence-electron chi connectivity index (χ0n) is 15.2. The number of hydrogen-bond acceptors (Lipinski definition) is 3. The topological polar surface area (TPSA) is 82.6 Å². The molecule has 27 heavy (non-hydrogen) atoms. The Kier molecular flexibility index (Phi) is 10.1. The molecule has 0 saturated heterocycles. The van der Waals surface area contributed by atoms with Crippen molar-refractivity contribution in [3.05, 3.63) is 64.7 Å². The number of nitrogens with one attached hydrogen (secondary N) is 3. The van der Waals surface area contributed by atoms with Gasteiger partial charge in [0.25, 0.3) is 0 Å². The number of rotatable bonds is 7. The molecule has 2 rings (SSSR count). The minimum atomic E-state index is -3.58. The monoisotopic (exact) mass is 522 g/mol. The third-order valence-corrected chi connectivity index (χ3v) is 5.31. The average Bonchev–Trinajstić information content (AvgIpc) is 2.62. The summed E-state index contributed by atoms with van der Waals surface area (Å²) in [6.45, 7) is 3.30. The van der Waals surface area contributed by atoms with Gasteiger partial charge in [-0.3, -0.25) is 4.99 Å². The van der Waals surface area contributed by atoms with Crippen LogP contribution in [0, 0.1) is 6.92 Å². The maximum Gasteiger partial charge on any atom is 0.240 e. The Balaban J connectivity index is 0.00000364. The summed E-state index contributed by atoms with van der Waals surface area (Å²) in [5.74, 6) is 0.604. The van der Waals surface area contributed by atoms with Crippen molar-refractivity contribution in [3.63, 3.8) is 0 Å². The zero-order chi connectivity index (χ0) is 19.0. The fourth-order valence-electron chi connectivity index (χ4n) is 2.20. The maximum atomic E-state index is 12.2. The molecular formula is C18H24ClIN4O2S. The van der Waals surface area contributed by atoms with E-state index in [0.717, 1.165) is 5.56 Å². The van der Waals surface area contributed by atoms with Gasteiger partial charge in [-0.1, -0.05) is 47.5 Å². The largest absolute Gasteiger partial charge is 0.355 e. The molecule has 0 aliphatic heterocycles. The smallest absolute Gasteiger partial charge is 0.240 e. The van der Waals surface area contributed by atoms with Crippen LogP contribution in [0.4, 0.5) is 0 Å². The van der Waals surface area contributed by atoms with Gasteiger partial charge in [0.05, 0.1) is 4.90 Å². The highest BCUT2D eigenvalue weighted by molar-refractivity contribution is 14.0. The van der Waals surface area contributed by atoms with Crippen LogP contribution in [-0.4, -0.2) is 34.5 Å². The van der Waals surface area contributed by atoms with Gasteiger partial charge in [0.2, 0.25) is 10.0 Å². The number of aliphatic imine (C=N–C) groups is 1. The molecule has 0 heterocycles. The number of hydrogen-bond donors (Lipinski definition) is 3. The Morgan fingerprint density at radius 2 is 1.78 bits per heavy atom. The fourth-order valence-corrected chi connectivity index (χ4v) is 3.53. The Morgan fingerprint density at radius 1 is 1.07 bits per heavy atom. The highest BCUT2D eigenvalue weighted by atomic mass is 127. The summed E-state index contributed by atoms with van der Waals surface area (Å²) >= 11 is 5.84. The van der Waals surface area contributed by atoms with Crippen molar-refractivity contribution < 1.29 is 8.42 Å². The number of nitrogens with zero attached hydrogens (tertiary/aromatic N) is 1. The van der Waals surface area contributed by atoms with Gasteiger partial charge in [0.15, 0.2) is 5.96 Å². The predicted molar refractivity (Wildman–Crippen MR) is 121 cm³/mol. The maximum absolute atomic E-state index is 12.2. The molecule has 0 aromatic heterocycles. The van der Waals surface area contributed by atoms with Gasteiger partial charge >= 0.3 is 0 Å². The van der Waals surface area contributed by atoms with E-state index >= 15 is 0 Å². The van der Waals surface area contributed by atoms with Crippen molar-refractivity contribution in [2.24, 2.45) is 4.99 Å². The summed E-state index contributed by atoms with van der Waals surface area (Å²) < 4.78 is 26.9. The first-order valence-corrected chi connectivity index (χ1v) is 10.0. The third kappa shape index (κ3) is 8.04. The Morgan fingerprint density at radius 3 is 2.41 bits per heavy atom. The van der Waals surface area contributed by atoms with E-state index in [2.05, 4.69) is 44.6 Å². The lowest BCUT2D eigenvalue weighted by Crippen LogP contribution is -2.41. The van der Waals surface area contributed by atoms with Gasteiger partial charge in [0.1, 0.15) is 0 Å². The molecule has 0 fully saturated rings. The number of halogens is 2. The molecule has 2 aromatic carbocycles. The van der Waals surface area contributed by atoms with Crippen LogP contribution in [-0.2, 0) is 16.6 Å². The quantitative estimate of drug-likeness (QED) is 0.226. The van der Waals surface area contributed by atoms with Crippen LogP contribution in [0.25, 0.3) is 0 Å². The minimum absolute atomic E-state index is 0. The summed E-state index contributed by atoms with van der Waals surface area (Å²) in [5, 5.41) is 6.64. The molecule has 0 aliphatic rings. The second kappa shape index (κ2) is 11.5. The Hall–Kier alpha value is -1.36. The van der Waals surface area contributed by atoms with Crippen LogP contribution in [0.1, 0.15) is 11.1 Å². The van der Waals surface area contributed by atoms with Crippen molar-refractivity contribution >= 4 is 51.6 Å². The molecule has 0 unspecified atom stereocenters.